The van der Waals surface area contributed by atoms with Gasteiger partial charge in [-0.15, -0.1) is 11.3 Å². The van der Waals surface area contributed by atoms with Gasteiger partial charge in [-0.25, -0.2) is 9.78 Å². The summed E-state index contributed by atoms with van der Waals surface area (Å²) in [4.78, 5) is 30.4. The van der Waals surface area contributed by atoms with Crippen LogP contribution < -0.4 is 11.2 Å². The van der Waals surface area contributed by atoms with E-state index in [2.05, 4.69) is 10.1 Å². The van der Waals surface area contributed by atoms with Crippen LogP contribution in [0, 0.1) is 0 Å². The molecule has 5 rings (SSSR count). The number of hydrogen-bond donors (Lipinski definition) is 2. The van der Waals surface area contributed by atoms with Gasteiger partial charge in [0.1, 0.15) is 11.2 Å². The summed E-state index contributed by atoms with van der Waals surface area (Å²) >= 11 is 14.1. The second-order valence-corrected chi connectivity index (χ2v) is 9.34. The predicted octanol–water partition coefficient (Wildman–Crippen LogP) is 4.64. The quantitative estimate of drug-likeness (QED) is 0.350. The zero-order valence-corrected chi connectivity index (χ0v) is 20.2. The number of hydrogen-bond acceptors (Lipinski definition) is 6. The fourth-order valence-electron chi connectivity index (χ4n) is 3.73. The van der Waals surface area contributed by atoms with Crippen LogP contribution in [0.2, 0.25) is 10.0 Å². The van der Waals surface area contributed by atoms with Crippen LogP contribution in [0.4, 0.5) is 0 Å². The van der Waals surface area contributed by atoms with E-state index in [4.69, 9.17) is 28.2 Å². The van der Waals surface area contributed by atoms with Gasteiger partial charge in [-0.1, -0.05) is 71.7 Å². The summed E-state index contributed by atoms with van der Waals surface area (Å²) in [6.07, 6.45) is 0.994. The minimum absolute atomic E-state index is 0.177. The monoisotopic (exact) mass is 522 g/mol. The van der Waals surface area contributed by atoms with E-state index in [9.17, 15) is 14.7 Å². The van der Waals surface area contributed by atoms with Gasteiger partial charge in [-0.3, -0.25) is 9.78 Å². The molecule has 0 amide bonds. The maximum atomic E-state index is 12.2. The van der Waals surface area contributed by atoms with Gasteiger partial charge in [-0.2, -0.15) is 9.78 Å². The number of aromatic nitrogens is 4. The van der Waals surface area contributed by atoms with Crippen molar-refractivity contribution in [3.05, 3.63) is 131 Å². The molecule has 2 N–H and O–H groups in total. The summed E-state index contributed by atoms with van der Waals surface area (Å²) in [6, 6.07) is 21.1. The molecule has 35 heavy (non-hydrogen) atoms. The van der Waals surface area contributed by atoms with Crippen molar-refractivity contribution in [1.82, 2.24) is 19.7 Å². The van der Waals surface area contributed by atoms with Crippen LogP contribution in [0.25, 0.3) is 16.9 Å². The number of nitrogens with zero attached hydrogens (tertiary/aromatic N) is 3. The number of thiazole rings is 1. The average molecular weight is 523 g/mol. The lowest BCUT2D eigenvalue weighted by Crippen LogP contribution is -2.31. The lowest BCUT2D eigenvalue weighted by molar-refractivity contribution is 0.125. The van der Waals surface area contributed by atoms with Crippen molar-refractivity contribution < 1.29 is 5.11 Å². The van der Waals surface area contributed by atoms with Crippen LogP contribution in [0.15, 0.2) is 94.0 Å². The molecule has 1 unspecified atom stereocenters. The van der Waals surface area contributed by atoms with Crippen molar-refractivity contribution in [3.63, 3.8) is 0 Å². The highest BCUT2D eigenvalue weighted by atomic mass is 35.5. The summed E-state index contributed by atoms with van der Waals surface area (Å²) in [6.45, 7) is 0. The van der Waals surface area contributed by atoms with Crippen molar-refractivity contribution in [2.45, 2.75) is 5.60 Å². The number of benzene rings is 3. The molecule has 3 aromatic carbocycles. The van der Waals surface area contributed by atoms with Gasteiger partial charge in [0.25, 0.3) is 5.56 Å². The van der Waals surface area contributed by atoms with E-state index in [1.54, 1.807) is 36.4 Å². The zero-order valence-electron chi connectivity index (χ0n) is 17.9. The molecule has 0 saturated heterocycles. The largest absolute Gasteiger partial charge is 0.374 e. The number of rotatable bonds is 5. The maximum Gasteiger partial charge on any atom is 0.349 e. The van der Waals surface area contributed by atoms with Gasteiger partial charge in [0, 0.05) is 26.6 Å². The molecule has 10 heteroatoms. The minimum atomic E-state index is -1.71. The Labute approximate surface area is 212 Å². The molecule has 7 nitrogen and oxygen atoms in total. The number of halogens is 2. The van der Waals surface area contributed by atoms with Gasteiger partial charge < -0.3 is 5.11 Å². The van der Waals surface area contributed by atoms with Gasteiger partial charge in [-0.05, 0) is 29.8 Å². The number of aliphatic hydroxyl groups is 1. The Hall–Kier alpha value is -3.56. The molecule has 0 bridgehead atoms. The first kappa shape index (κ1) is 23.2. The fourth-order valence-corrected chi connectivity index (χ4v) is 5.13. The van der Waals surface area contributed by atoms with E-state index in [1.807, 2.05) is 35.7 Å². The van der Waals surface area contributed by atoms with Crippen LogP contribution in [-0.2, 0) is 5.60 Å². The van der Waals surface area contributed by atoms with Gasteiger partial charge >= 0.3 is 5.69 Å². The molecule has 5 aromatic rings. The highest BCUT2D eigenvalue weighted by molar-refractivity contribution is 7.10. The van der Waals surface area contributed by atoms with E-state index in [1.165, 1.54) is 17.4 Å². The van der Waals surface area contributed by atoms with Crippen molar-refractivity contribution in [2.75, 3.05) is 0 Å². The molecule has 0 saturated carbocycles. The third kappa shape index (κ3) is 4.33. The second-order valence-electron chi connectivity index (χ2n) is 7.64. The summed E-state index contributed by atoms with van der Waals surface area (Å²) in [5, 5.41) is 19.0. The van der Waals surface area contributed by atoms with Gasteiger partial charge in [0.15, 0.2) is 5.60 Å². The predicted molar refractivity (Wildman–Crippen MR) is 137 cm³/mol. The van der Waals surface area contributed by atoms with Crippen LogP contribution in [-0.4, -0.2) is 24.9 Å². The molecule has 2 heterocycles. The second kappa shape index (κ2) is 9.24. The molecular weight excluding hydrogens is 507 g/mol. The molecule has 0 radical (unpaired) electrons. The van der Waals surface area contributed by atoms with Gasteiger partial charge in [0.05, 0.1) is 11.4 Å². The van der Waals surface area contributed by atoms with Crippen molar-refractivity contribution in [2.24, 2.45) is 0 Å². The number of H-pyrrole nitrogens is 1. The summed E-state index contributed by atoms with van der Waals surface area (Å²) in [5.74, 6) is 0. The van der Waals surface area contributed by atoms with Crippen molar-refractivity contribution in [3.8, 4) is 16.9 Å². The maximum absolute atomic E-state index is 12.2. The molecular formula is C25H16Cl2N4O3S. The Morgan fingerprint density at radius 3 is 2.40 bits per heavy atom. The molecule has 0 aliphatic rings. The van der Waals surface area contributed by atoms with Crippen LogP contribution in [0.1, 0.15) is 16.1 Å². The van der Waals surface area contributed by atoms with E-state index >= 15 is 0 Å². The smallest absolute Gasteiger partial charge is 0.349 e. The normalized spacial score (nSPS) is 12.9. The first-order valence-electron chi connectivity index (χ1n) is 10.3. The molecule has 0 aliphatic carbocycles. The average Bonchev–Trinajstić information content (AvgIpc) is 3.36. The Bertz CT molecular complexity index is 1630. The van der Waals surface area contributed by atoms with E-state index < -0.39 is 16.9 Å². The zero-order chi connectivity index (χ0) is 24.6. The topological polar surface area (TPSA) is 101 Å². The Morgan fingerprint density at radius 2 is 1.71 bits per heavy atom. The highest BCUT2D eigenvalue weighted by Gasteiger charge is 2.39. The molecule has 174 valence electrons. The van der Waals surface area contributed by atoms with Crippen LogP contribution in [0.3, 0.4) is 0 Å². The third-order valence-electron chi connectivity index (χ3n) is 5.45. The molecule has 1 atom stereocenters. The molecule has 0 aliphatic heterocycles. The molecule has 2 aromatic heterocycles. The van der Waals surface area contributed by atoms with E-state index in [0.717, 1.165) is 22.1 Å². The molecule has 0 spiro atoms. The lowest BCUT2D eigenvalue weighted by atomic mass is 9.86. The Balaban J connectivity index is 1.67. The first-order chi connectivity index (χ1) is 16.9. The van der Waals surface area contributed by atoms with Crippen LogP contribution in [0.5, 0.6) is 0 Å². The van der Waals surface area contributed by atoms with Gasteiger partial charge in [0.2, 0.25) is 0 Å². The number of nitrogens with one attached hydrogen (secondary N) is 1. The summed E-state index contributed by atoms with van der Waals surface area (Å²) in [5.41, 5.74) is -0.190. The standard InChI is InChI=1S/C25H16Cl2N4O3S/c26-17-8-6-16(7-9-17)25(34,23-29-21(14-35-23)15-4-2-1-3-5-15)19-11-10-18(12-20(19)27)31-24(33)30-22(32)13-28-31/h1-14,34H,(H,30,32,33). The van der Waals surface area contributed by atoms with E-state index in [0.29, 0.717) is 26.8 Å². The molecule has 0 fully saturated rings. The Morgan fingerprint density at radius 1 is 0.971 bits per heavy atom. The van der Waals surface area contributed by atoms with E-state index in [-0.39, 0.29) is 5.02 Å². The SMILES string of the molecule is O=c1cnn(-c2ccc(C(O)(c3ccc(Cl)cc3)c3nc(-c4ccccc4)cs3)c(Cl)c2)c(=O)[nH]1. The van der Waals surface area contributed by atoms with Crippen molar-refractivity contribution >= 4 is 34.5 Å². The summed E-state index contributed by atoms with van der Waals surface area (Å²) in [7, 11) is 0. The lowest BCUT2D eigenvalue weighted by Gasteiger charge is -2.28. The third-order valence-corrected chi connectivity index (χ3v) is 6.96. The Kier molecular flexibility index (Phi) is 6.12. The fraction of sp³-hybridized carbons (Fsp3) is 0.0400. The minimum Gasteiger partial charge on any atom is -0.374 e. The number of aromatic amines is 1. The van der Waals surface area contributed by atoms with Crippen molar-refractivity contribution in [1.29, 1.82) is 0 Å². The van der Waals surface area contributed by atoms with Crippen LogP contribution >= 0.6 is 34.5 Å². The summed E-state index contributed by atoms with van der Waals surface area (Å²) < 4.78 is 1.01. The highest BCUT2D eigenvalue weighted by Crippen LogP contribution is 2.43. The first-order valence-corrected chi connectivity index (χ1v) is 12.0.